The van der Waals surface area contributed by atoms with Crippen molar-refractivity contribution in [3.63, 3.8) is 0 Å². The fourth-order valence-electron chi connectivity index (χ4n) is 1.24. The Bertz CT molecular complexity index is 147. The van der Waals surface area contributed by atoms with E-state index in [4.69, 9.17) is 0 Å². The van der Waals surface area contributed by atoms with Crippen LogP contribution in [0, 0.1) is 29.6 Å². The first-order chi connectivity index (χ1) is 4.20. The van der Waals surface area contributed by atoms with Crippen molar-refractivity contribution in [2.75, 3.05) is 0 Å². The molecule has 0 heterocycles. The number of hydrogen-bond donors (Lipinski definition) is 0. The third kappa shape index (κ3) is 1.48. The minimum Gasteiger partial charge on any atom is -0.0999 e. The van der Waals surface area contributed by atoms with Crippen LogP contribution in [0.1, 0.15) is 27.2 Å². The molecule has 3 unspecified atom stereocenters. The molecular weight excluding hydrogens is 108 g/mol. The standard InChI is InChI=1S/C9H14/c1-7-4-5-8(2)9(3)6-7/h7-9H,6H2,1-3H3. The summed E-state index contributed by atoms with van der Waals surface area (Å²) in [7, 11) is 0. The molecule has 0 aromatic rings. The van der Waals surface area contributed by atoms with E-state index in [-0.39, 0.29) is 0 Å². The van der Waals surface area contributed by atoms with Gasteiger partial charge in [-0.3, -0.25) is 0 Å². The molecule has 0 N–H and O–H groups in total. The van der Waals surface area contributed by atoms with Crippen LogP contribution in [-0.2, 0) is 0 Å². The van der Waals surface area contributed by atoms with Gasteiger partial charge in [0.05, 0.1) is 0 Å². The highest BCUT2D eigenvalue weighted by Crippen LogP contribution is 2.22. The van der Waals surface area contributed by atoms with E-state index in [9.17, 15) is 0 Å². The van der Waals surface area contributed by atoms with Crippen LogP contribution in [0.3, 0.4) is 0 Å². The molecule has 0 heteroatoms. The first-order valence-corrected chi connectivity index (χ1v) is 3.71. The molecule has 0 radical (unpaired) electrons. The van der Waals surface area contributed by atoms with Gasteiger partial charge in [0.15, 0.2) is 0 Å². The summed E-state index contributed by atoms with van der Waals surface area (Å²) < 4.78 is 0. The third-order valence-corrected chi connectivity index (χ3v) is 2.14. The Labute approximate surface area is 57.7 Å². The summed E-state index contributed by atoms with van der Waals surface area (Å²) in [6.07, 6.45) is 1.29. The fourth-order valence-corrected chi connectivity index (χ4v) is 1.24. The van der Waals surface area contributed by atoms with Gasteiger partial charge >= 0.3 is 0 Å². The summed E-state index contributed by atoms with van der Waals surface area (Å²) in [5.74, 6) is 8.51. The first kappa shape index (κ1) is 6.68. The molecule has 0 aromatic heterocycles. The Morgan fingerprint density at radius 1 is 1.11 bits per heavy atom. The molecule has 0 saturated heterocycles. The van der Waals surface area contributed by atoms with Crippen molar-refractivity contribution in [3.05, 3.63) is 0 Å². The molecule has 0 aliphatic heterocycles. The molecule has 0 aromatic carbocycles. The summed E-state index contributed by atoms with van der Waals surface area (Å²) in [5.41, 5.74) is 0. The number of rotatable bonds is 0. The topological polar surface area (TPSA) is 0 Å². The molecule has 0 saturated carbocycles. The normalized spacial score (nSPS) is 41.4. The van der Waals surface area contributed by atoms with Gasteiger partial charge in [-0.15, -0.1) is 0 Å². The van der Waals surface area contributed by atoms with E-state index in [1.54, 1.807) is 0 Å². The Balaban J connectivity index is 2.62. The maximum Gasteiger partial charge on any atom is 0.0200 e. The summed E-state index contributed by atoms with van der Waals surface area (Å²) in [5, 5.41) is 0. The smallest absolute Gasteiger partial charge is 0.0200 e. The molecule has 0 nitrogen and oxygen atoms in total. The lowest BCUT2D eigenvalue weighted by Gasteiger charge is -2.20. The second-order valence-corrected chi connectivity index (χ2v) is 3.19. The van der Waals surface area contributed by atoms with Crippen LogP contribution in [0.2, 0.25) is 0 Å². The van der Waals surface area contributed by atoms with Gasteiger partial charge < -0.3 is 0 Å². The average molecular weight is 122 g/mol. The molecule has 0 amide bonds. The average Bonchev–Trinajstić information content (AvgIpc) is 1.80. The quantitative estimate of drug-likeness (QED) is 0.432. The zero-order valence-corrected chi connectivity index (χ0v) is 6.44. The van der Waals surface area contributed by atoms with Crippen LogP contribution in [0.15, 0.2) is 0 Å². The maximum atomic E-state index is 3.23. The van der Waals surface area contributed by atoms with Crippen molar-refractivity contribution < 1.29 is 0 Å². The van der Waals surface area contributed by atoms with Gasteiger partial charge in [-0.05, 0) is 12.3 Å². The van der Waals surface area contributed by atoms with E-state index >= 15 is 0 Å². The Morgan fingerprint density at radius 3 is 2.22 bits per heavy atom. The predicted octanol–water partition coefficient (Wildman–Crippen LogP) is 2.30. The zero-order chi connectivity index (χ0) is 6.85. The van der Waals surface area contributed by atoms with Crippen molar-refractivity contribution in [1.82, 2.24) is 0 Å². The first-order valence-electron chi connectivity index (χ1n) is 3.71. The second kappa shape index (κ2) is 2.43. The highest BCUT2D eigenvalue weighted by atomic mass is 14.2. The molecule has 0 bridgehead atoms. The van der Waals surface area contributed by atoms with E-state index < -0.39 is 0 Å². The van der Waals surface area contributed by atoms with Gasteiger partial charge in [-0.2, -0.15) is 0 Å². The van der Waals surface area contributed by atoms with E-state index in [0.29, 0.717) is 11.8 Å². The lowest BCUT2D eigenvalue weighted by Crippen LogP contribution is -2.13. The van der Waals surface area contributed by atoms with Crippen molar-refractivity contribution in [3.8, 4) is 11.8 Å². The highest BCUT2D eigenvalue weighted by Gasteiger charge is 2.15. The highest BCUT2D eigenvalue weighted by molar-refractivity contribution is 5.10. The summed E-state index contributed by atoms with van der Waals surface area (Å²) in [6, 6.07) is 0. The monoisotopic (exact) mass is 122 g/mol. The minimum absolute atomic E-state index is 0.626. The number of hydrogen-bond acceptors (Lipinski definition) is 0. The van der Waals surface area contributed by atoms with Crippen LogP contribution < -0.4 is 0 Å². The lowest BCUT2D eigenvalue weighted by molar-refractivity contribution is 0.387. The Hall–Kier alpha value is -0.440. The van der Waals surface area contributed by atoms with E-state index in [1.807, 2.05) is 0 Å². The molecule has 9 heavy (non-hydrogen) atoms. The Kier molecular flexibility index (Phi) is 1.81. The third-order valence-electron chi connectivity index (χ3n) is 2.14. The van der Waals surface area contributed by atoms with Crippen molar-refractivity contribution in [2.24, 2.45) is 17.8 Å². The van der Waals surface area contributed by atoms with Crippen LogP contribution in [0.25, 0.3) is 0 Å². The van der Waals surface area contributed by atoms with Crippen LogP contribution in [-0.4, -0.2) is 0 Å². The minimum atomic E-state index is 0.626. The molecule has 0 fully saturated rings. The van der Waals surface area contributed by atoms with Gasteiger partial charge in [-0.1, -0.05) is 32.6 Å². The van der Waals surface area contributed by atoms with Gasteiger partial charge in [0.25, 0.3) is 0 Å². The van der Waals surface area contributed by atoms with Gasteiger partial charge in [-0.25, -0.2) is 0 Å². The molecule has 50 valence electrons. The van der Waals surface area contributed by atoms with Crippen LogP contribution in [0.5, 0.6) is 0 Å². The largest absolute Gasteiger partial charge is 0.0999 e. The Morgan fingerprint density at radius 2 is 1.78 bits per heavy atom. The molecule has 0 spiro atoms. The van der Waals surface area contributed by atoms with Crippen molar-refractivity contribution in [1.29, 1.82) is 0 Å². The van der Waals surface area contributed by atoms with Gasteiger partial charge in [0, 0.05) is 11.8 Å². The molecule has 1 aliphatic rings. The zero-order valence-electron chi connectivity index (χ0n) is 6.44. The van der Waals surface area contributed by atoms with Crippen LogP contribution in [0.4, 0.5) is 0 Å². The SMILES string of the molecule is CC1C#CC(C)C(C)C1. The fraction of sp³-hybridized carbons (Fsp3) is 0.778. The van der Waals surface area contributed by atoms with Crippen molar-refractivity contribution in [2.45, 2.75) is 27.2 Å². The predicted molar refractivity (Wildman–Crippen MR) is 39.9 cm³/mol. The van der Waals surface area contributed by atoms with E-state index in [0.717, 1.165) is 5.92 Å². The van der Waals surface area contributed by atoms with E-state index in [2.05, 4.69) is 32.6 Å². The summed E-state index contributed by atoms with van der Waals surface area (Å²) in [4.78, 5) is 0. The second-order valence-electron chi connectivity index (χ2n) is 3.19. The van der Waals surface area contributed by atoms with Crippen LogP contribution >= 0.6 is 0 Å². The summed E-state index contributed by atoms with van der Waals surface area (Å²) >= 11 is 0. The maximum absolute atomic E-state index is 3.23. The molecular formula is C9H14. The summed E-state index contributed by atoms with van der Waals surface area (Å²) in [6.45, 7) is 6.70. The molecule has 1 aliphatic carbocycles. The van der Waals surface area contributed by atoms with Gasteiger partial charge in [0.2, 0.25) is 0 Å². The lowest BCUT2D eigenvalue weighted by atomic mass is 9.84. The molecule has 3 atom stereocenters. The van der Waals surface area contributed by atoms with E-state index in [1.165, 1.54) is 6.42 Å². The van der Waals surface area contributed by atoms with Gasteiger partial charge in [0.1, 0.15) is 0 Å². The van der Waals surface area contributed by atoms with Crippen molar-refractivity contribution >= 4 is 0 Å². The molecule has 1 rings (SSSR count).